The first-order chi connectivity index (χ1) is 9.54. The summed E-state index contributed by atoms with van der Waals surface area (Å²) >= 11 is 5.01. The van der Waals surface area contributed by atoms with Crippen molar-refractivity contribution >= 4 is 39.3 Å². The lowest BCUT2D eigenvalue weighted by atomic mass is 10.2. The molecule has 0 saturated heterocycles. The fourth-order valence-electron chi connectivity index (χ4n) is 1.64. The molecule has 1 N–H and O–H groups in total. The van der Waals surface area contributed by atoms with Crippen LogP contribution in [0.1, 0.15) is 12.5 Å². The van der Waals surface area contributed by atoms with Crippen LogP contribution in [0.4, 0.5) is 10.1 Å². The summed E-state index contributed by atoms with van der Waals surface area (Å²) in [5, 5.41) is 2.72. The molecule has 5 heteroatoms. The van der Waals surface area contributed by atoms with E-state index in [-0.39, 0.29) is 11.7 Å². The van der Waals surface area contributed by atoms with Gasteiger partial charge in [0.05, 0.1) is 0 Å². The first kappa shape index (κ1) is 15.1. The van der Waals surface area contributed by atoms with E-state index >= 15 is 0 Å². The normalized spacial score (nSPS) is 10.3. The van der Waals surface area contributed by atoms with Crippen LogP contribution in [0, 0.1) is 5.82 Å². The molecular formula is C15H13BrFNOS. The van der Waals surface area contributed by atoms with Crippen LogP contribution in [0.15, 0.2) is 51.8 Å². The van der Waals surface area contributed by atoms with Gasteiger partial charge < -0.3 is 5.32 Å². The molecule has 0 radical (unpaired) electrons. The van der Waals surface area contributed by atoms with Gasteiger partial charge in [-0.05, 0) is 42.0 Å². The van der Waals surface area contributed by atoms with Gasteiger partial charge in [0.15, 0.2) is 0 Å². The lowest BCUT2D eigenvalue weighted by Crippen LogP contribution is -2.05. The highest BCUT2D eigenvalue weighted by Gasteiger charge is 2.03. The fourth-order valence-corrected chi connectivity index (χ4v) is 3.22. The Morgan fingerprint density at radius 2 is 1.95 bits per heavy atom. The molecule has 0 spiro atoms. The molecule has 2 nitrogen and oxygen atoms in total. The van der Waals surface area contributed by atoms with Crippen molar-refractivity contribution in [3.05, 3.63) is 58.3 Å². The Bertz CT molecular complexity index is 616. The Labute approximate surface area is 129 Å². The monoisotopic (exact) mass is 353 g/mol. The maximum Gasteiger partial charge on any atom is 0.221 e. The van der Waals surface area contributed by atoms with Crippen molar-refractivity contribution in [1.82, 2.24) is 0 Å². The zero-order chi connectivity index (χ0) is 14.5. The van der Waals surface area contributed by atoms with Crippen LogP contribution in [-0.2, 0) is 10.5 Å². The van der Waals surface area contributed by atoms with Gasteiger partial charge in [-0.25, -0.2) is 4.39 Å². The molecular weight excluding hydrogens is 341 g/mol. The number of halogens is 2. The molecule has 2 rings (SSSR count). The zero-order valence-electron chi connectivity index (χ0n) is 10.8. The highest BCUT2D eigenvalue weighted by Crippen LogP contribution is 2.28. The van der Waals surface area contributed by atoms with Gasteiger partial charge in [-0.2, -0.15) is 0 Å². The number of hydrogen-bond donors (Lipinski definition) is 1. The SMILES string of the molecule is CC(=O)Nc1ccc(SCc2ccc(F)cc2Br)cc1. The van der Waals surface area contributed by atoms with Crippen LogP contribution in [0.25, 0.3) is 0 Å². The minimum absolute atomic E-state index is 0.0827. The Balaban J connectivity index is 1.98. The van der Waals surface area contributed by atoms with E-state index in [0.29, 0.717) is 0 Å². The quantitative estimate of drug-likeness (QED) is 0.796. The number of hydrogen-bond acceptors (Lipinski definition) is 2. The van der Waals surface area contributed by atoms with Gasteiger partial charge in [0.2, 0.25) is 5.91 Å². The Hall–Kier alpha value is -1.33. The standard InChI is InChI=1S/C15H13BrFNOS/c1-10(19)18-13-4-6-14(7-5-13)20-9-11-2-3-12(17)8-15(11)16/h2-8H,9H2,1H3,(H,18,19). The van der Waals surface area contributed by atoms with Crippen molar-refractivity contribution < 1.29 is 9.18 Å². The molecule has 0 bridgehead atoms. The third-order valence-corrected chi connectivity index (χ3v) is 4.38. The molecule has 0 aliphatic heterocycles. The predicted octanol–water partition coefficient (Wildman–Crippen LogP) is 4.84. The summed E-state index contributed by atoms with van der Waals surface area (Å²) in [6, 6.07) is 12.3. The number of carbonyl (C=O) groups excluding carboxylic acids is 1. The molecule has 0 saturated carbocycles. The summed E-state index contributed by atoms with van der Waals surface area (Å²) < 4.78 is 13.8. The zero-order valence-corrected chi connectivity index (χ0v) is 13.2. The van der Waals surface area contributed by atoms with Crippen LogP contribution in [-0.4, -0.2) is 5.91 Å². The highest BCUT2D eigenvalue weighted by atomic mass is 79.9. The summed E-state index contributed by atoms with van der Waals surface area (Å²) in [7, 11) is 0. The molecule has 0 atom stereocenters. The fraction of sp³-hybridized carbons (Fsp3) is 0.133. The van der Waals surface area contributed by atoms with E-state index in [9.17, 15) is 9.18 Å². The highest BCUT2D eigenvalue weighted by molar-refractivity contribution is 9.10. The summed E-state index contributed by atoms with van der Waals surface area (Å²) in [6.45, 7) is 1.48. The maximum absolute atomic E-state index is 13.0. The molecule has 1 amide bonds. The Kier molecular flexibility index (Phi) is 5.20. The van der Waals surface area contributed by atoms with Crippen LogP contribution >= 0.6 is 27.7 Å². The average molecular weight is 354 g/mol. The van der Waals surface area contributed by atoms with Crippen molar-refractivity contribution in [2.45, 2.75) is 17.6 Å². The van der Waals surface area contributed by atoms with Gasteiger partial charge >= 0.3 is 0 Å². The number of rotatable bonds is 4. The van der Waals surface area contributed by atoms with E-state index in [4.69, 9.17) is 0 Å². The molecule has 0 aromatic heterocycles. The molecule has 104 valence electrons. The molecule has 0 unspecified atom stereocenters. The van der Waals surface area contributed by atoms with Crippen LogP contribution < -0.4 is 5.32 Å². The van der Waals surface area contributed by atoms with Crippen molar-refractivity contribution in [1.29, 1.82) is 0 Å². The smallest absolute Gasteiger partial charge is 0.221 e. The Morgan fingerprint density at radius 3 is 2.55 bits per heavy atom. The van der Waals surface area contributed by atoms with E-state index in [0.717, 1.165) is 26.4 Å². The second-order valence-corrected chi connectivity index (χ2v) is 6.13. The molecule has 0 fully saturated rings. The molecule has 2 aromatic rings. The number of nitrogens with one attached hydrogen (secondary N) is 1. The maximum atomic E-state index is 13.0. The number of anilines is 1. The van der Waals surface area contributed by atoms with Crippen molar-refractivity contribution in [2.75, 3.05) is 5.32 Å². The summed E-state index contributed by atoms with van der Waals surface area (Å²) in [6.07, 6.45) is 0. The summed E-state index contributed by atoms with van der Waals surface area (Å²) in [5.74, 6) is 0.423. The topological polar surface area (TPSA) is 29.1 Å². The van der Waals surface area contributed by atoms with E-state index in [2.05, 4.69) is 21.2 Å². The van der Waals surface area contributed by atoms with Gasteiger partial charge in [-0.1, -0.05) is 22.0 Å². The first-order valence-corrected chi connectivity index (χ1v) is 7.77. The van der Waals surface area contributed by atoms with Gasteiger partial charge in [-0.15, -0.1) is 11.8 Å². The third-order valence-electron chi connectivity index (χ3n) is 2.58. The van der Waals surface area contributed by atoms with Crippen LogP contribution in [0.5, 0.6) is 0 Å². The van der Waals surface area contributed by atoms with E-state index in [1.54, 1.807) is 17.8 Å². The largest absolute Gasteiger partial charge is 0.326 e. The summed E-state index contributed by atoms with van der Waals surface area (Å²) in [5.41, 5.74) is 1.83. The third kappa shape index (κ3) is 4.35. The number of carbonyl (C=O) groups is 1. The van der Waals surface area contributed by atoms with Gasteiger partial charge in [0, 0.05) is 27.7 Å². The van der Waals surface area contributed by atoms with E-state index < -0.39 is 0 Å². The van der Waals surface area contributed by atoms with Gasteiger partial charge in [-0.3, -0.25) is 4.79 Å². The van der Waals surface area contributed by atoms with Crippen molar-refractivity contribution in [3.63, 3.8) is 0 Å². The molecule has 20 heavy (non-hydrogen) atoms. The lowest BCUT2D eigenvalue weighted by Gasteiger charge is -2.06. The summed E-state index contributed by atoms with van der Waals surface area (Å²) in [4.78, 5) is 12.0. The Morgan fingerprint density at radius 1 is 1.25 bits per heavy atom. The average Bonchev–Trinajstić information content (AvgIpc) is 2.39. The molecule has 2 aromatic carbocycles. The molecule has 0 aliphatic rings. The lowest BCUT2D eigenvalue weighted by molar-refractivity contribution is -0.114. The van der Waals surface area contributed by atoms with E-state index in [1.807, 2.05) is 24.3 Å². The van der Waals surface area contributed by atoms with Crippen LogP contribution in [0.3, 0.4) is 0 Å². The second-order valence-electron chi connectivity index (χ2n) is 4.23. The second kappa shape index (κ2) is 6.90. The number of benzene rings is 2. The predicted molar refractivity (Wildman–Crippen MR) is 84.4 cm³/mol. The number of thioether (sulfide) groups is 1. The minimum Gasteiger partial charge on any atom is -0.326 e. The molecule has 0 aliphatic carbocycles. The van der Waals surface area contributed by atoms with Crippen molar-refractivity contribution in [3.8, 4) is 0 Å². The first-order valence-electron chi connectivity index (χ1n) is 5.99. The van der Waals surface area contributed by atoms with E-state index in [1.165, 1.54) is 19.1 Å². The van der Waals surface area contributed by atoms with Crippen LogP contribution in [0.2, 0.25) is 0 Å². The van der Waals surface area contributed by atoms with Gasteiger partial charge in [0.1, 0.15) is 5.82 Å². The van der Waals surface area contributed by atoms with Gasteiger partial charge in [0.25, 0.3) is 0 Å². The van der Waals surface area contributed by atoms with Crippen molar-refractivity contribution in [2.24, 2.45) is 0 Å². The molecule has 0 heterocycles. The number of amides is 1. The minimum atomic E-state index is -0.245.